The van der Waals surface area contributed by atoms with Gasteiger partial charge in [0, 0.05) is 18.5 Å². The summed E-state index contributed by atoms with van der Waals surface area (Å²) >= 11 is 0. The van der Waals surface area contributed by atoms with Crippen LogP contribution in [0.25, 0.3) is 0 Å². The van der Waals surface area contributed by atoms with Crippen LogP contribution in [0.4, 0.5) is 0 Å². The van der Waals surface area contributed by atoms with Gasteiger partial charge in [0.05, 0.1) is 19.8 Å². The van der Waals surface area contributed by atoms with Crippen LogP contribution in [-0.2, 0) is 19.7 Å². The molecule has 0 saturated carbocycles. The third-order valence-electron chi connectivity index (χ3n) is 4.57. The number of rotatable bonds is 2. The minimum Gasteiger partial charge on any atom is -0.376 e. The van der Waals surface area contributed by atoms with E-state index >= 15 is 0 Å². The van der Waals surface area contributed by atoms with E-state index in [0.29, 0.717) is 19.8 Å². The highest BCUT2D eigenvalue weighted by Gasteiger charge is 2.37. The van der Waals surface area contributed by atoms with Crippen LogP contribution in [0.5, 0.6) is 0 Å². The van der Waals surface area contributed by atoms with E-state index in [4.69, 9.17) is 9.47 Å². The second-order valence-electron chi connectivity index (χ2n) is 6.22. The van der Waals surface area contributed by atoms with Crippen LogP contribution in [0.3, 0.4) is 0 Å². The molecule has 114 valence electrons. The molecule has 2 unspecified atom stereocenters. The average Bonchev–Trinajstić information content (AvgIpc) is 2.56. The number of hydrogen-bond acceptors (Lipinski definition) is 3. The fourth-order valence-corrected chi connectivity index (χ4v) is 3.34. The summed E-state index contributed by atoms with van der Waals surface area (Å²) < 4.78 is 10.9. The van der Waals surface area contributed by atoms with E-state index < -0.39 is 6.10 Å². The molecular weight excluding hydrogens is 266 g/mol. The van der Waals surface area contributed by atoms with Crippen molar-refractivity contribution >= 4 is 5.91 Å². The molecule has 0 N–H and O–H groups in total. The molecule has 2 heterocycles. The average molecular weight is 289 g/mol. The number of hydrogen-bond donors (Lipinski definition) is 0. The van der Waals surface area contributed by atoms with Crippen LogP contribution in [0.15, 0.2) is 30.3 Å². The first kappa shape index (κ1) is 14.5. The minimum absolute atomic E-state index is 0.0324. The maximum absolute atomic E-state index is 12.6. The lowest BCUT2D eigenvalue weighted by Crippen LogP contribution is -2.52. The van der Waals surface area contributed by atoms with Crippen LogP contribution in [-0.4, -0.2) is 49.8 Å². The predicted octanol–water partition coefficient (Wildman–Crippen LogP) is 1.98. The standard InChI is InChI=1S/C17H23NO3/c1-17(14-6-3-2-4-7-14)8-5-9-18(13-17)16(19)15-12-20-10-11-21-15/h2-4,6-7,15H,5,8-13H2,1H3. The Balaban J connectivity index is 1.72. The molecule has 0 aromatic heterocycles. The first-order valence-corrected chi connectivity index (χ1v) is 7.73. The molecule has 21 heavy (non-hydrogen) atoms. The van der Waals surface area contributed by atoms with Crippen LogP contribution in [0.1, 0.15) is 25.3 Å². The van der Waals surface area contributed by atoms with Crippen LogP contribution >= 0.6 is 0 Å². The molecular formula is C17H23NO3. The monoisotopic (exact) mass is 289 g/mol. The van der Waals surface area contributed by atoms with E-state index in [1.807, 2.05) is 11.0 Å². The highest BCUT2D eigenvalue weighted by Crippen LogP contribution is 2.33. The number of carbonyl (C=O) groups is 1. The maximum Gasteiger partial charge on any atom is 0.254 e. The molecule has 0 radical (unpaired) electrons. The third kappa shape index (κ3) is 3.11. The zero-order chi connectivity index (χ0) is 14.7. The smallest absolute Gasteiger partial charge is 0.254 e. The second-order valence-corrected chi connectivity index (χ2v) is 6.22. The van der Waals surface area contributed by atoms with E-state index in [2.05, 4.69) is 31.2 Å². The number of likely N-dealkylation sites (tertiary alicyclic amines) is 1. The van der Waals surface area contributed by atoms with Crippen LogP contribution in [0, 0.1) is 0 Å². The molecule has 1 aromatic rings. The van der Waals surface area contributed by atoms with Crippen molar-refractivity contribution in [3.8, 4) is 0 Å². The summed E-state index contributed by atoms with van der Waals surface area (Å²) in [5.74, 6) is 0.0801. The summed E-state index contributed by atoms with van der Waals surface area (Å²) in [6.45, 7) is 5.32. The summed E-state index contributed by atoms with van der Waals surface area (Å²) in [4.78, 5) is 14.5. The first-order chi connectivity index (χ1) is 10.2. The Morgan fingerprint density at radius 1 is 1.29 bits per heavy atom. The van der Waals surface area contributed by atoms with Crippen molar-refractivity contribution in [1.82, 2.24) is 4.90 Å². The molecule has 2 fully saturated rings. The van der Waals surface area contributed by atoms with Crippen LogP contribution < -0.4 is 0 Å². The summed E-state index contributed by atoms with van der Waals surface area (Å²) in [7, 11) is 0. The number of piperidine rings is 1. The summed E-state index contributed by atoms with van der Waals surface area (Å²) in [6, 6.07) is 10.5. The van der Waals surface area contributed by atoms with Crippen molar-refractivity contribution in [2.75, 3.05) is 32.9 Å². The first-order valence-electron chi connectivity index (χ1n) is 7.73. The maximum atomic E-state index is 12.6. The van der Waals surface area contributed by atoms with Gasteiger partial charge in [-0.1, -0.05) is 37.3 Å². The number of amides is 1. The lowest BCUT2D eigenvalue weighted by Gasteiger charge is -2.42. The molecule has 0 bridgehead atoms. The van der Waals surface area contributed by atoms with Gasteiger partial charge in [-0.25, -0.2) is 0 Å². The molecule has 2 aliphatic heterocycles. The molecule has 2 saturated heterocycles. The molecule has 1 aromatic carbocycles. The van der Waals surface area contributed by atoms with Crippen molar-refractivity contribution < 1.29 is 14.3 Å². The summed E-state index contributed by atoms with van der Waals surface area (Å²) in [5.41, 5.74) is 1.34. The number of benzene rings is 1. The van der Waals surface area contributed by atoms with Gasteiger partial charge >= 0.3 is 0 Å². The van der Waals surface area contributed by atoms with Gasteiger partial charge < -0.3 is 14.4 Å². The normalized spacial score (nSPS) is 30.1. The van der Waals surface area contributed by atoms with E-state index in [9.17, 15) is 4.79 Å². The quantitative estimate of drug-likeness (QED) is 0.835. The zero-order valence-electron chi connectivity index (χ0n) is 12.6. The fourth-order valence-electron chi connectivity index (χ4n) is 3.34. The Morgan fingerprint density at radius 2 is 2.10 bits per heavy atom. The molecule has 4 nitrogen and oxygen atoms in total. The van der Waals surface area contributed by atoms with E-state index in [0.717, 1.165) is 25.9 Å². The number of nitrogens with zero attached hydrogens (tertiary/aromatic N) is 1. The van der Waals surface area contributed by atoms with E-state index in [1.165, 1.54) is 5.56 Å². The predicted molar refractivity (Wildman–Crippen MR) is 80.2 cm³/mol. The Hall–Kier alpha value is -1.39. The largest absolute Gasteiger partial charge is 0.376 e. The van der Waals surface area contributed by atoms with Gasteiger partial charge in [-0.3, -0.25) is 4.79 Å². The molecule has 2 aliphatic rings. The van der Waals surface area contributed by atoms with Crippen molar-refractivity contribution in [3.05, 3.63) is 35.9 Å². The number of carbonyl (C=O) groups excluding carboxylic acids is 1. The van der Waals surface area contributed by atoms with Gasteiger partial charge in [0.2, 0.25) is 0 Å². The summed E-state index contributed by atoms with van der Waals surface area (Å²) in [6.07, 6.45) is 1.73. The van der Waals surface area contributed by atoms with Gasteiger partial charge in [0.1, 0.15) is 0 Å². The number of ether oxygens (including phenoxy) is 2. The molecule has 1 amide bonds. The minimum atomic E-state index is -0.420. The highest BCUT2D eigenvalue weighted by molar-refractivity contribution is 5.81. The SMILES string of the molecule is CC1(c2ccccc2)CCCN(C(=O)C2COCCO2)C1. The Labute approximate surface area is 126 Å². The highest BCUT2D eigenvalue weighted by atomic mass is 16.6. The van der Waals surface area contributed by atoms with Gasteiger partial charge in [-0.05, 0) is 18.4 Å². The molecule has 2 atom stereocenters. The lowest BCUT2D eigenvalue weighted by atomic mass is 9.76. The van der Waals surface area contributed by atoms with Gasteiger partial charge in [0.15, 0.2) is 6.10 Å². The van der Waals surface area contributed by atoms with E-state index in [1.54, 1.807) is 0 Å². The molecule has 3 rings (SSSR count). The van der Waals surface area contributed by atoms with E-state index in [-0.39, 0.29) is 11.3 Å². The summed E-state index contributed by atoms with van der Waals surface area (Å²) in [5, 5.41) is 0. The van der Waals surface area contributed by atoms with Crippen molar-refractivity contribution in [1.29, 1.82) is 0 Å². The molecule has 0 spiro atoms. The fraction of sp³-hybridized carbons (Fsp3) is 0.588. The lowest BCUT2D eigenvalue weighted by molar-refractivity contribution is -0.159. The Kier molecular flexibility index (Phi) is 4.27. The van der Waals surface area contributed by atoms with Crippen molar-refractivity contribution in [2.24, 2.45) is 0 Å². The zero-order valence-corrected chi connectivity index (χ0v) is 12.6. The molecule has 4 heteroatoms. The van der Waals surface area contributed by atoms with Crippen molar-refractivity contribution in [2.45, 2.75) is 31.3 Å². The topological polar surface area (TPSA) is 38.8 Å². The van der Waals surface area contributed by atoms with Gasteiger partial charge in [0.25, 0.3) is 5.91 Å². The van der Waals surface area contributed by atoms with Gasteiger partial charge in [-0.2, -0.15) is 0 Å². The second kappa shape index (κ2) is 6.16. The van der Waals surface area contributed by atoms with Crippen LogP contribution in [0.2, 0.25) is 0 Å². The van der Waals surface area contributed by atoms with Crippen molar-refractivity contribution in [3.63, 3.8) is 0 Å². The Bertz CT molecular complexity index is 484. The Morgan fingerprint density at radius 3 is 2.81 bits per heavy atom. The third-order valence-corrected chi connectivity index (χ3v) is 4.57. The molecule has 0 aliphatic carbocycles. The van der Waals surface area contributed by atoms with Gasteiger partial charge in [-0.15, -0.1) is 0 Å².